The van der Waals surface area contributed by atoms with Crippen LogP contribution in [0.25, 0.3) is 21.9 Å². The van der Waals surface area contributed by atoms with Crippen LogP contribution in [0.2, 0.25) is 0 Å². The Hall–Kier alpha value is -3.37. The number of ether oxygens (including phenoxy) is 4. The van der Waals surface area contributed by atoms with Crippen molar-refractivity contribution in [2.45, 2.75) is 32.5 Å². The smallest absolute Gasteiger partial charge is 0.339 e. The van der Waals surface area contributed by atoms with E-state index in [0.717, 1.165) is 0 Å². The van der Waals surface area contributed by atoms with Gasteiger partial charge in [-0.15, -0.1) is 0 Å². The third kappa shape index (κ3) is 3.65. The van der Waals surface area contributed by atoms with E-state index in [1.807, 2.05) is 0 Å². The van der Waals surface area contributed by atoms with Crippen LogP contribution < -0.4 is 14.2 Å². The summed E-state index contributed by atoms with van der Waals surface area (Å²) in [5, 5.41) is 40.4. The first-order valence-electron chi connectivity index (χ1n) is 10.3. The molecule has 0 radical (unpaired) electrons. The first-order valence-corrected chi connectivity index (χ1v) is 10.3. The number of carbonyl (C=O) groups is 1. The second-order valence-electron chi connectivity index (χ2n) is 8.19. The number of fused-ring (bicyclic) bond motifs is 3. The fourth-order valence-corrected chi connectivity index (χ4v) is 4.24. The van der Waals surface area contributed by atoms with Crippen LogP contribution in [0.5, 0.6) is 17.2 Å². The standard InChI is InChI=1S/C24H22O9/c1-24(28,29)10-31-22-16-5-14(8-26)13(7-25)4-15(16)20(21-17(22)9-30-23(21)27)12-2-3-18-19(6-12)33-11-32-18/h2-6,25-26,28-29H,7-11H2,1H3. The van der Waals surface area contributed by atoms with E-state index in [9.17, 15) is 25.2 Å². The minimum absolute atomic E-state index is 0.0548. The lowest BCUT2D eigenvalue weighted by atomic mass is 9.87. The van der Waals surface area contributed by atoms with Crippen LogP contribution in [0, 0.1) is 0 Å². The SMILES string of the molecule is CC(O)(O)COc1c2c(c(-c3ccc4c(c3)OCO4)c3cc(CO)c(CO)cc13)C(=O)OC2. The van der Waals surface area contributed by atoms with E-state index in [4.69, 9.17) is 18.9 Å². The van der Waals surface area contributed by atoms with E-state index in [2.05, 4.69) is 0 Å². The molecule has 172 valence electrons. The lowest BCUT2D eigenvalue weighted by Gasteiger charge is -2.22. The highest BCUT2D eigenvalue weighted by Gasteiger charge is 2.34. The number of hydrogen-bond donors (Lipinski definition) is 4. The molecule has 0 bridgehead atoms. The Morgan fingerprint density at radius 1 is 0.939 bits per heavy atom. The molecule has 5 rings (SSSR count). The highest BCUT2D eigenvalue weighted by atomic mass is 16.7. The molecule has 0 aromatic heterocycles. The van der Waals surface area contributed by atoms with E-state index in [-0.39, 0.29) is 37.9 Å². The van der Waals surface area contributed by atoms with Crippen molar-refractivity contribution < 1.29 is 44.2 Å². The molecule has 33 heavy (non-hydrogen) atoms. The van der Waals surface area contributed by atoms with Gasteiger partial charge in [-0.25, -0.2) is 4.79 Å². The van der Waals surface area contributed by atoms with Crippen LogP contribution in [-0.4, -0.2) is 45.6 Å². The van der Waals surface area contributed by atoms with E-state index in [1.165, 1.54) is 6.92 Å². The largest absolute Gasteiger partial charge is 0.487 e. The molecule has 3 aromatic carbocycles. The molecule has 9 heteroatoms. The summed E-state index contributed by atoms with van der Waals surface area (Å²) in [6, 6.07) is 8.67. The van der Waals surface area contributed by atoms with Crippen molar-refractivity contribution in [2.24, 2.45) is 0 Å². The van der Waals surface area contributed by atoms with Crippen LogP contribution in [-0.2, 0) is 24.6 Å². The van der Waals surface area contributed by atoms with Crippen LogP contribution in [0.4, 0.5) is 0 Å². The number of rotatable bonds is 6. The predicted molar refractivity (Wildman–Crippen MR) is 115 cm³/mol. The second-order valence-corrected chi connectivity index (χ2v) is 8.19. The first kappa shape index (κ1) is 21.5. The van der Waals surface area contributed by atoms with E-state index in [0.29, 0.717) is 50.1 Å². The van der Waals surface area contributed by atoms with Gasteiger partial charge in [0.05, 0.1) is 18.8 Å². The fourth-order valence-electron chi connectivity index (χ4n) is 4.24. The molecule has 0 amide bonds. The Balaban J connectivity index is 1.84. The topological polar surface area (TPSA) is 135 Å². The van der Waals surface area contributed by atoms with Gasteiger partial charge in [-0.1, -0.05) is 6.07 Å². The third-order valence-corrected chi connectivity index (χ3v) is 5.72. The van der Waals surface area contributed by atoms with Gasteiger partial charge in [-0.05, 0) is 53.3 Å². The molecule has 2 heterocycles. The zero-order valence-electron chi connectivity index (χ0n) is 17.8. The average Bonchev–Trinajstić information content (AvgIpc) is 3.41. The molecule has 0 spiro atoms. The van der Waals surface area contributed by atoms with Gasteiger partial charge >= 0.3 is 5.97 Å². The number of benzene rings is 3. The van der Waals surface area contributed by atoms with Crippen LogP contribution in [0.3, 0.4) is 0 Å². The van der Waals surface area contributed by atoms with Gasteiger partial charge in [0.25, 0.3) is 0 Å². The molecule has 3 aromatic rings. The van der Waals surface area contributed by atoms with E-state index < -0.39 is 18.4 Å². The summed E-state index contributed by atoms with van der Waals surface area (Å²) in [5.41, 5.74) is 2.94. The summed E-state index contributed by atoms with van der Waals surface area (Å²) in [7, 11) is 0. The molecule has 4 N–H and O–H groups in total. The monoisotopic (exact) mass is 454 g/mol. The van der Waals surface area contributed by atoms with Crippen LogP contribution >= 0.6 is 0 Å². The zero-order chi connectivity index (χ0) is 23.3. The minimum Gasteiger partial charge on any atom is -0.487 e. The normalized spacial score (nSPS) is 14.5. The lowest BCUT2D eigenvalue weighted by Crippen LogP contribution is -2.31. The molecule has 0 atom stereocenters. The van der Waals surface area contributed by atoms with Crippen molar-refractivity contribution in [3.8, 4) is 28.4 Å². The third-order valence-electron chi connectivity index (χ3n) is 5.72. The number of aliphatic hydroxyl groups excluding tert-OH is 2. The zero-order valence-corrected chi connectivity index (χ0v) is 17.8. The molecule has 0 unspecified atom stereocenters. The summed E-state index contributed by atoms with van der Waals surface area (Å²) in [5.74, 6) is -1.28. The molecule has 2 aliphatic rings. The Bertz CT molecular complexity index is 1270. The summed E-state index contributed by atoms with van der Waals surface area (Å²) < 4.78 is 22.0. The van der Waals surface area contributed by atoms with Crippen molar-refractivity contribution in [1.29, 1.82) is 0 Å². The second kappa shape index (κ2) is 7.89. The number of esters is 1. The highest BCUT2D eigenvalue weighted by Crippen LogP contribution is 2.47. The van der Waals surface area contributed by atoms with Crippen molar-refractivity contribution in [3.63, 3.8) is 0 Å². The van der Waals surface area contributed by atoms with Crippen molar-refractivity contribution in [2.75, 3.05) is 13.4 Å². The Morgan fingerprint density at radius 3 is 2.33 bits per heavy atom. The summed E-state index contributed by atoms with van der Waals surface area (Å²) in [6.07, 6.45) is 0. The maximum absolute atomic E-state index is 12.8. The first-order chi connectivity index (χ1) is 15.8. The van der Waals surface area contributed by atoms with Crippen molar-refractivity contribution >= 4 is 16.7 Å². The van der Waals surface area contributed by atoms with Gasteiger partial charge in [-0.2, -0.15) is 0 Å². The minimum atomic E-state index is -2.11. The highest BCUT2D eigenvalue weighted by molar-refractivity contribution is 6.13. The Labute approximate surface area is 188 Å². The van der Waals surface area contributed by atoms with Gasteiger partial charge < -0.3 is 39.4 Å². The Kier molecular flexibility index (Phi) is 5.13. The summed E-state index contributed by atoms with van der Waals surface area (Å²) in [6.45, 7) is 0.122. The van der Waals surface area contributed by atoms with Crippen LogP contribution in [0.15, 0.2) is 30.3 Å². The number of aliphatic hydroxyl groups is 4. The van der Waals surface area contributed by atoms with E-state index >= 15 is 0 Å². The van der Waals surface area contributed by atoms with Gasteiger partial charge in [0.15, 0.2) is 17.3 Å². The molecule has 9 nitrogen and oxygen atoms in total. The number of carbonyl (C=O) groups excluding carboxylic acids is 1. The van der Waals surface area contributed by atoms with Gasteiger partial charge in [0, 0.05) is 16.5 Å². The maximum Gasteiger partial charge on any atom is 0.339 e. The van der Waals surface area contributed by atoms with Gasteiger partial charge in [0.1, 0.15) is 19.0 Å². The molecule has 2 aliphatic heterocycles. The fraction of sp³-hybridized carbons (Fsp3) is 0.292. The number of cyclic esters (lactones) is 1. The molecular formula is C24H22O9. The molecule has 0 saturated carbocycles. The van der Waals surface area contributed by atoms with Crippen molar-refractivity contribution in [1.82, 2.24) is 0 Å². The quantitative estimate of drug-likeness (QED) is 0.326. The molecule has 0 fully saturated rings. The summed E-state index contributed by atoms with van der Waals surface area (Å²) in [4.78, 5) is 12.8. The molecular weight excluding hydrogens is 432 g/mol. The predicted octanol–water partition coefficient (Wildman–Crippen LogP) is 1.97. The van der Waals surface area contributed by atoms with Gasteiger partial charge in [0.2, 0.25) is 6.79 Å². The molecule has 0 aliphatic carbocycles. The average molecular weight is 454 g/mol. The van der Waals surface area contributed by atoms with Crippen LogP contribution in [0.1, 0.15) is 34.0 Å². The van der Waals surface area contributed by atoms with E-state index in [1.54, 1.807) is 30.3 Å². The van der Waals surface area contributed by atoms with Crippen molar-refractivity contribution in [3.05, 3.63) is 52.6 Å². The Morgan fingerprint density at radius 2 is 1.64 bits per heavy atom. The summed E-state index contributed by atoms with van der Waals surface area (Å²) >= 11 is 0. The lowest BCUT2D eigenvalue weighted by molar-refractivity contribution is -0.165. The van der Waals surface area contributed by atoms with Gasteiger partial charge in [-0.3, -0.25) is 0 Å². The maximum atomic E-state index is 12.8. The number of hydrogen-bond acceptors (Lipinski definition) is 9. The molecule has 0 saturated heterocycles.